The summed E-state index contributed by atoms with van der Waals surface area (Å²) >= 11 is 0. The molecule has 1 fully saturated rings. The molecule has 11 nitrogen and oxygen atoms in total. The lowest BCUT2D eigenvalue weighted by Gasteiger charge is -2.39. The van der Waals surface area contributed by atoms with Crippen LogP contribution in [0.15, 0.2) is 53.4 Å². The Kier molecular flexibility index (Phi) is 7.41. The molecule has 0 spiro atoms. The molecule has 12 heteroatoms. The molecular weight excluding hydrogens is 470 g/mol. The summed E-state index contributed by atoms with van der Waals surface area (Å²) in [5, 5.41) is 23.0. The van der Waals surface area contributed by atoms with Crippen molar-refractivity contribution in [2.45, 2.75) is 43.5 Å². The van der Waals surface area contributed by atoms with Crippen molar-refractivity contribution in [2.75, 3.05) is 31.1 Å². The number of piperazine rings is 1. The van der Waals surface area contributed by atoms with Crippen molar-refractivity contribution in [2.24, 2.45) is 0 Å². The minimum atomic E-state index is -3.61. The lowest BCUT2D eigenvalue weighted by atomic mass is 10.1. The molecule has 1 aromatic heterocycles. The Morgan fingerprint density at radius 1 is 1.03 bits per heavy atom. The number of rotatable bonds is 9. The van der Waals surface area contributed by atoms with Crippen molar-refractivity contribution in [1.82, 2.24) is 25.1 Å². The average molecular weight is 500 g/mol. The molecule has 3 aromatic rings. The van der Waals surface area contributed by atoms with Crippen LogP contribution in [-0.4, -0.2) is 64.6 Å². The fraction of sp³-hybridized carbons (Fsp3) is 0.435. The molecule has 0 unspecified atom stereocenters. The second-order valence-corrected chi connectivity index (χ2v) is 10.7. The molecule has 0 bridgehead atoms. The van der Waals surface area contributed by atoms with E-state index in [1.807, 2.05) is 6.92 Å². The number of benzene rings is 2. The SMILES string of the molecule is CCC[C@H](c1nnnn1CS(=O)(=O)c1ccc(C)cc1)N1CCN(c2ccc([N+](=O)[O-])cc2)CC1. The van der Waals surface area contributed by atoms with Gasteiger partial charge in [-0.25, -0.2) is 13.1 Å². The third kappa shape index (κ3) is 5.65. The quantitative estimate of drug-likeness (QED) is 0.322. The third-order valence-electron chi connectivity index (χ3n) is 6.27. The Bertz CT molecular complexity index is 1250. The van der Waals surface area contributed by atoms with E-state index in [0.717, 1.165) is 50.3 Å². The molecule has 0 aliphatic carbocycles. The van der Waals surface area contributed by atoms with Crippen LogP contribution < -0.4 is 4.90 Å². The zero-order chi connectivity index (χ0) is 25.0. The minimum Gasteiger partial charge on any atom is -0.369 e. The number of aryl methyl sites for hydroxylation is 1. The van der Waals surface area contributed by atoms with Gasteiger partial charge in [0.2, 0.25) is 0 Å². The molecule has 35 heavy (non-hydrogen) atoms. The van der Waals surface area contributed by atoms with Crippen molar-refractivity contribution in [3.63, 3.8) is 0 Å². The van der Waals surface area contributed by atoms with Crippen LogP contribution in [-0.2, 0) is 15.7 Å². The van der Waals surface area contributed by atoms with Crippen LogP contribution in [0.4, 0.5) is 11.4 Å². The van der Waals surface area contributed by atoms with Gasteiger partial charge in [-0.2, -0.15) is 0 Å². The van der Waals surface area contributed by atoms with Gasteiger partial charge in [0.15, 0.2) is 21.5 Å². The largest absolute Gasteiger partial charge is 0.369 e. The van der Waals surface area contributed by atoms with Crippen LogP contribution in [0.25, 0.3) is 0 Å². The molecule has 0 N–H and O–H groups in total. The van der Waals surface area contributed by atoms with E-state index < -0.39 is 14.8 Å². The fourth-order valence-corrected chi connectivity index (χ4v) is 5.55. The lowest BCUT2D eigenvalue weighted by molar-refractivity contribution is -0.384. The Morgan fingerprint density at radius 3 is 2.29 bits per heavy atom. The van der Waals surface area contributed by atoms with Gasteiger partial charge in [0.05, 0.1) is 15.9 Å². The molecule has 0 radical (unpaired) electrons. The Balaban J connectivity index is 1.48. The van der Waals surface area contributed by atoms with Crippen LogP contribution in [0.5, 0.6) is 0 Å². The molecule has 1 aliphatic heterocycles. The van der Waals surface area contributed by atoms with Crippen molar-refractivity contribution >= 4 is 21.2 Å². The summed E-state index contributed by atoms with van der Waals surface area (Å²) < 4.78 is 27.4. The van der Waals surface area contributed by atoms with Gasteiger partial charge in [0.25, 0.3) is 5.69 Å². The van der Waals surface area contributed by atoms with Crippen LogP contribution in [0.3, 0.4) is 0 Å². The number of sulfone groups is 1. The number of aromatic nitrogens is 4. The predicted molar refractivity (Wildman–Crippen MR) is 131 cm³/mol. The van der Waals surface area contributed by atoms with Crippen molar-refractivity contribution in [1.29, 1.82) is 0 Å². The summed E-state index contributed by atoms with van der Waals surface area (Å²) in [6.07, 6.45) is 1.69. The molecule has 2 aromatic carbocycles. The highest BCUT2D eigenvalue weighted by molar-refractivity contribution is 7.90. The van der Waals surface area contributed by atoms with Gasteiger partial charge < -0.3 is 4.90 Å². The number of nitro benzene ring substituents is 1. The summed E-state index contributed by atoms with van der Waals surface area (Å²) in [7, 11) is -3.61. The standard InChI is InChI=1S/C23H29N7O4S/c1-3-4-22(28-15-13-27(14-16-28)19-7-9-20(10-8-19)30(31)32)23-24-25-26-29(23)17-35(33,34)21-11-5-18(2)6-12-21/h5-12,22H,3-4,13-17H2,1-2H3/t22-/m1/s1. The fourth-order valence-electron chi connectivity index (χ4n) is 4.35. The Morgan fingerprint density at radius 2 is 1.69 bits per heavy atom. The van der Waals surface area contributed by atoms with Crippen molar-refractivity contribution < 1.29 is 13.3 Å². The van der Waals surface area contributed by atoms with Gasteiger partial charge in [0, 0.05) is 44.0 Å². The van der Waals surface area contributed by atoms with Crippen LogP contribution in [0.1, 0.15) is 37.2 Å². The molecule has 1 atom stereocenters. The zero-order valence-electron chi connectivity index (χ0n) is 19.8. The zero-order valence-corrected chi connectivity index (χ0v) is 20.6. The highest BCUT2D eigenvalue weighted by Gasteiger charge is 2.30. The van der Waals surface area contributed by atoms with Gasteiger partial charge >= 0.3 is 0 Å². The van der Waals surface area contributed by atoms with Crippen molar-refractivity contribution in [3.05, 3.63) is 70.0 Å². The Labute approximate surface area is 204 Å². The van der Waals surface area contributed by atoms with Gasteiger partial charge in [-0.3, -0.25) is 15.0 Å². The maximum absolute atomic E-state index is 13.0. The molecule has 0 amide bonds. The highest BCUT2D eigenvalue weighted by atomic mass is 32.2. The number of tetrazole rings is 1. The third-order valence-corrected chi connectivity index (χ3v) is 7.85. The van der Waals surface area contributed by atoms with Gasteiger partial charge in [-0.05, 0) is 48.0 Å². The summed E-state index contributed by atoms with van der Waals surface area (Å²) in [5.74, 6) is 0.229. The number of nitro groups is 1. The second kappa shape index (κ2) is 10.5. The second-order valence-electron chi connectivity index (χ2n) is 8.69. The lowest BCUT2D eigenvalue weighted by Crippen LogP contribution is -2.48. The molecule has 0 saturated carbocycles. The highest BCUT2D eigenvalue weighted by Crippen LogP contribution is 2.28. The summed E-state index contributed by atoms with van der Waals surface area (Å²) in [4.78, 5) is 15.2. The first-order valence-electron chi connectivity index (χ1n) is 11.6. The first kappa shape index (κ1) is 24.7. The smallest absolute Gasteiger partial charge is 0.269 e. The predicted octanol–water partition coefficient (Wildman–Crippen LogP) is 2.98. The van der Waals surface area contributed by atoms with Crippen LogP contribution in [0, 0.1) is 17.0 Å². The van der Waals surface area contributed by atoms with E-state index in [1.165, 1.54) is 16.8 Å². The number of hydrogen-bond donors (Lipinski definition) is 0. The van der Waals surface area contributed by atoms with Crippen LogP contribution in [0.2, 0.25) is 0 Å². The topological polar surface area (TPSA) is 127 Å². The number of nitrogens with zero attached hydrogens (tertiary/aromatic N) is 7. The average Bonchev–Trinajstić information content (AvgIpc) is 3.30. The molecule has 186 valence electrons. The summed E-state index contributed by atoms with van der Waals surface area (Å²) in [6.45, 7) is 6.94. The molecule has 2 heterocycles. The first-order valence-corrected chi connectivity index (χ1v) is 13.2. The van der Waals surface area contributed by atoms with Crippen LogP contribution >= 0.6 is 0 Å². The van der Waals surface area contributed by atoms with E-state index in [9.17, 15) is 18.5 Å². The first-order chi connectivity index (χ1) is 16.8. The monoisotopic (exact) mass is 499 g/mol. The normalized spacial score (nSPS) is 15.8. The van der Waals surface area contributed by atoms with E-state index in [4.69, 9.17) is 0 Å². The van der Waals surface area contributed by atoms with Gasteiger partial charge in [-0.15, -0.1) is 5.10 Å². The number of hydrogen-bond acceptors (Lipinski definition) is 9. The summed E-state index contributed by atoms with van der Waals surface area (Å²) in [6, 6.07) is 13.2. The molecule has 1 saturated heterocycles. The van der Waals surface area contributed by atoms with Gasteiger partial charge in [-0.1, -0.05) is 31.0 Å². The van der Waals surface area contributed by atoms with Crippen molar-refractivity contribution in [3.8, 4) is 0 Å². The molecule has 1 aliphatic rings. The maximum atomic E-state index is 13.0. The Hall–Kier alpha value is -3.38. The molecular formula is C23H29N7O4S. The maximum Gasteiger partial charge on any atom is 0.269 e. The van der Waals surface area contributed by atoms with E-state index in [-0.39, 0.29) is 22.5 Å². The number of anilines is 1. The molecule has 4 rings (SSSR count). The van der Waals surface area contributed by atoms with E-state index in [1.54, 1.807) is 36.4 Å². The van der Waals surface area contributed by atoms with Gasteiger partial charge in [0.1, 0.15) is 0 Å². The minimum absolute atomic E-state index is 0.0721. The van der Waals surface area contributed by atoms with E-state index in [0.29, 0.717) is 5.82 Å². The van der Waals surface area contributed by atoms with E-state index in [2.05, 4.69) is 32.2 Å². The number of non-ortho nitro benzene ring substituents is 1. The van der Waals surface area contributed by atoms with E-state index >= 15 is 0 Å². The summed E-state index contributed by atoms with van der Waals surface area (Å²) in [5.41, 5.74) is 2.00.